The van der Waals surface area contributed by atoms with E-state index in [1.165, 1.54) is 6.07 Å². The highest BCUT2D eigenvalue weighted by Gasteiger charge is 2.17. The van der Waals surface area contributed by atoms with Gasteiger partial charge in [0.25, 0.3) is 5.91 Å². The third-order valence-electron chi connectivity index (χ3n) is 5.94. The van der Waals surface area contributed by atoms with Gasteiger partial charge >= 0.3 is 6.09 Å². The summed E-state index contributed by atoms with van der Waals surface area (Å²) in [5.41, 5.74) is 3.97. The van der Waals surface area contributed by atoms with Gasteiger partial charge in [-0.1, -0.05) is 29.3 Å². The summed E-state index contributed by atoms with van der Waals surface area (Å²) in [6.07, 6.45) is 2.08. The van der Waals surface area contributed by atoms with Crippen LogP contribution in [0.3, 0.4) is 0 Å². The van der Waals surface area contributed by atoms with Crippen LogP contribution in [-0.2, 0) is 20.1 Å². The molecule has 0 aliphatic carbocycles. The first-order valence-electron chi connectivity index (χ1n) is 11.5. The van der Waals surface area contributed by atoms with Crippen LogP contribution >= 0.6 is 23.2 Å². The quantitative estimate of drug-likeness (QED) is 0.316. The molecule has 2 aromatic heterocycles. The normalized spacial score (nSPS) is 11.6. The monoisotopic (exact) mass is 555 g/mol. The van der Waals surface area contributed by atoms with Gasteiger partial charge in [-0.05, 0) is 66.1 Å². The van der Waals surface area contributed by atoms with Crippen LogP contribution in [0.15, 0.2) is 65.9 Å². The van der Waals surface area contributed by atoms with Gasteiger partial charge in [-0.2, -0.15) is 4.39 Å². The molecule has 0 saturated carbocycles. The summed E-state index contributed by atoms with van der Waals surface area (Å²) in [5.74, 6) is -0.847. The molecule has 2 aromatic carbocycles. The van der Waals surface area contributed by atoms with Crippen LogP contribution in [0.4, 0.5) is 9.18 Å². The first-order valence-corrected chi connectivity index (χ1v) is 12.2. The van der Waals surface area contributed by atoms with Crippen molar-refractivity contribution in [2.45, 2.75) is 20.0 Å². The molecule has 38 heavy (non-hydrogen) atoms. The number of carbonyl (C=O) groups excluding carboxylic acids is 1. The molecule has 0 bridgehead atoms. The molecule has 1 N–H and O–H groups in total. The maximum Gasteiger partial charge on any atom is 0.434 e. The minimum Gasteiger partial charge on any atom is -0.463 e. The van der Waals surface area contributed by atoms with Gasteiger partial charge < -0.3 is 19.1 Å². The second-order valence-electron chi connectivity index (χ2n) is 8.83. The maximum atomic E-state index is 13.7. The van der Waals surface area contributed by atoms with Crippen molar-refractivity contribution in [2.75, 3.05) is 7.05 Å². The number of rotatable bonds is 6. The Bertz CT molecular complexity index is 1610. The van der Waals surface area contributed by atoms with Crippen molar-refractivity contribution < 1.29 is 19.1 Å². The summed E-state index contributed by atoms with van der Waals surface area (Å²) in [4.78, 5) is 33.9. The summed E-state index contributed by atoms with van der Waals surface area (Å²) in [6.45, 7) is 2.23. The number of carbonyl (C=O) groups is 2. The molecule has 0 atom stereocenters. The predicted molar refractivity (Wildman–Crippen MR) is 143 cm³/mol. The molecule has 0 aliphatic rings. The number of nitrogens with zero attached hydrogens (tertiary/aromatic N) is 5. The number of halogens is 3. The van der Waals surface area contributed by atoms with E-state index in [2.05, 4.69) is 9.98 Å². The minimum atomic E-state index is -1.32. The second-order valence-corrected chi connectivity index (χ2v) is 9.64. The van der Waals surface area contributed by atoms with Crippen molar-refractivity contribution in [1.82, 2.24) is 19.0 Å². The van der Waals surface area contributed by atoms with Crippen molar-refractivity contribution in [1.29, 1.82) is 0 Å². The molecule has 196 valence electrons. The second kappa shape index (κ2) is 11.2. The van der Waals surface area contributed by atoms with Gasteiger partial charge in [-0.3, -0.25) is 4.79 Å². The third-order valence-corrected chi connectivity index (χ3v) is 6.68. The summed E-state index contributed by atoms with van der Waals surface area (Å²) in [7, 11) is 3.37. The van der Waals surface area contributed by atoms with E-state index in [1.807, 2.05) is 6.07 Å². The van der Waals surface area contributed by atoms with Crippen LogP contribution in [0, 0.1) is 12.9 Å². The Balaban J connectivity index is 1.75. The number of hydrogen-bond donors (Lipinski definition) is 1. The van der Waals surface area contributed by atoms with E-state index in [9.17, 15) is 19.1 Å². The van der Waals surface area contributed by atoms with Crippen LogP contribution in [0.5, 0.6) is 0 Å². The Kier molecular flexibility index (Phi) is 7.99. The van der Waals surface area contributed by atoms with E-state index in [-0.39, 0.29) is 18.1 Å². The smallest absolute Gasteiger partial charge is 0.434 e. The van der Waals surface area contributed by atoms with Gasteiger partial charge in [0.1, 0.15) is 0 Å². The molecule has 0 fully saturated rings. The molecular weight excluding hydrogens is 532 g/mol. The Morgan fingerprint density at radius 2 is 1.82 bits per heavy atom. The van der Waals surface area contributed by atoms with E-state index in [1.54, 1.807) is 83.8 Å². The number of pyridine rings is 1. The molecule has 2 heterocycles. The van der Waals surface area contributed by atoms with Crippen LogP contribution in [0.1, 0.15) is 27.2 Å². The first-order chi connectivity index (χ1) is 18.0. The van der Waals surface area contributed by atoms with Gasteiger partial charge in [0.2, 0.25) is 11.6 Å². The molecule has 4 aromatic rings. The fourth-order valence-electron chi connectivity index (χ4n) is 4.17. The highest BCUT2D eigenvalue weighted by molar-refractivity contribution is 6.42. The zero-order valence-electron chi connectivity index (χ0n) is 20.8. The lowest BCUT2D eigenvalue weighted by Crippen LogP contribution is -2.27. The van der Waals surface area contributed by atoms with Crippen molar-refractivity contribution in [3.05, 3.63) is 105 Å². The van der Waals surface area contributed by atoms with Crippen molar-refractivity contribution >= 4 is 35.2 Å². The summed E-state index contributed by atoms with van der Waals surface area (Å²) in [5, 5.41) is 10.0. The Labute approximate surface area is 228 Å². The molecule has 4 rings (SSSR count). The number of aryl methyl sites for hydroxylation is 2. The van der Waals surface area contributed by atoms with Gasteiger partial charge in [0.05, 0.1) is 16.6 Å². The Morgan fingerprint density at radius 3 is 2.50 bits per heavy atom. The molecular formula is C27H24Cl2FN5O3. The highest BCUT2D eigenvalue weighted by atomic mass is 35.5. The topological polar surface area (TPSA) is 92.7 Å². The average molecular weight is 556 g/mol. The van der Waals surface area contributed by atoms with Gasteiger partial charge in [0.15, 0.2) is 0 Å². The van der Waals surface area contributed by atoms with E-state index >= 15 is 0 Å². The number of benzene rings is 2. The Morgan fingerprint density at radius 1 is 1.05 bits per heavy atom. The number of amides is 2. The SMILES string of the molecule is Cc1nc(F)ccc1-c1cc(Cn2ccn(C)c2=NC(=O)O)cc(C(=O)N(C)Cc2ccc(Cl)c(Cl)c2)c1. The van der Waals surface area contributed by atoms with Gasteiger partial charge in [-0.15, -0.1) is 4.99 Å². The standard InChI is InChI=1S/C27H24Cl2FN5O3/c1-16-21(5-7-24(30)31-16)19-10-18(15-35-9-8-33(2)26(35)32-27(37)38)11-20(13-19)25(36)34(3)14-17-4-6-22(28)23(29)12-17/h4-13H,14-15H2,1-3H3,(H,37,38). The van der Waals surface area contributed by atoms with Gasteiger partial charge in [0, 0.05) is 49.9 Å². The van der Waals surface area contributed by atoms with E-state index < -0.39 is 12.0 Å². The fraction of sp³-hybridized carbons (Fsp3) is 0.185. The molecule has 0 aliphatic heterocycles. The van der Waals surface area contributed by atoms with Crippen molar-refractivity contribution in [3.63, 3.8) is 0 Å². The summed E-state index contributed by atoms with van der Waals surface area (Å²) >= 11 is 12.2. The third kappa shape index (κ3) is 6.12. The van der Waals surface area contributed by atoms with Crippen LogP contribution in [-0.4, -0.2) is 43.2 Å². The number of imidazole rings is 1. The molecule has 0 radical (unpaired) electrons. The highest BCUT2D eigenvalue weighted by Crippen LogP contribution is 2.27. The summed E-state index contributed by atoms with van der Waals surface area (Å²) < 4.78 is 17.0. The lowest BCUT2D eigenvalue weighted by Gasteiger charge is -2.19. The average Bonchev–Trinajstić information content (AvgIpc) is 3.18. The fourth-order valence-corrected chi connectivity index (χ4v) is 4.49. The summed E-state index contributed by atoms with van der Waals surface area (Å²) in [6, 6.07) is 13.4. The molecule has 11 heteroatoms. The van der Waals surface area contributed by atoms with Gasteiger partial charge in [-0.25, -0.2) is 9.78 Å². The van der Waals surface area contributed by atoms with E-state index in [4.69, 9.17) is 23.2 Å². The first kappa shape index (κ1) is 27.1. The van der Waals surface area contributed by atoms with Crippen LogP contribution < -0.4 is 5.62 Å². The number of hydrogen-bond acceptors (Lipinski definition) is 3. The van der Waals surface area contributed by atoms with Crippen molar-refractivity contribution in [2.24, 2.45) is 12.0 Å². The lowest BCUT2D eigenvalue weighted by atomic mass is 9.98. The zero-order valence-corrected chi connectivity index (χ0v) is 22.3. The van der Waals surface area contributed by atoms with E-state index in [0.29, 0.717) is 39.0 Å². The number of carboxylic acid groups (broad SMARTS) is 1. The predicted octanol–water partition coefficient (Wildman–Crippen LogP) is 5.54. The van der Waals surface area contributed by atoms with Crippen LogP contribution in [0.25, 0.3) is 11.1 Å². The molecule has 0 spiro atoms. The number of aromatic nitrogens is 3. The molecule has 0 unspecified atom stereocenters. The molecule has 8 nitrogen and oxygen atoms in total. The molecule has 0 saturated heterocycles. The molecule has 2 amide bonds. The largest absolute Gasteiger partial charge is 0.463 e. The zero-order chi connectivity index (χ0) is 27.6. The van der Waals surface area contributed by atoms with Crippen molar-refractivity contribution in [3.8, 4) is 11.1 Å². The minimum absolute atomic E-state index is 0.229. The Hall–Kier alpha value is -3.95. The lowest BCUT2D eigenvalue weighted by molar-refractivity contribution is 0.0785. The maximum absolute atomic E-state index is 13.7. The van der Waals surface area contributed by atoms with Crippen LogP contribution in [0.2, 0.25) is 10.0 Å². The van der Waals surface area contributed by atoms with E-state index in [0.717, 1.165) is 11.1 Å².